The predicted octanol–water partition coefficient (Wildman–Crippen LogP) is 12.1. The van der Waals surface area contributed by atoms with Crippen LogP contribution in [0.1, 0.15) is 71.2 Å². The molecule has 6 aromatic rings. The lowest BCUT2D eigenvalue weighted by atomic mass is 9.76. The van der Waals surface area contributed by atoms with Crippen molar-refractivity contribution in [2.45, 2.75) is 43.9 Å². The number of nitrogens with zero attached hydrogens (tertiary/aromatic N) is 3. The van der Waals surface area contributed by atoms with Crippen LogP contribution in [0.4, 0.5) is 28.4 Å². The molecule has 0 N–H and O–H groups in total. The third kappa shape index (κ3) is 4.68. The van der Waals surface area contributed by atoms with Crippen molar-refractivity contribution in [1.29, 1.82) is 0 Å². The van der Waals surface area contributed by atoms with Crippen LogP contribution >= 0.6 is 0 Å². The Hall–Kier alpha value is -5.67. The highest BCUT2D eigenvalue weighted by Gasteiger charge is 2.45. The van der Waals surface area contributed by atoms with Gasteiger partial charge in [0, 0.05) is 23.3 Å². The zero-order valence-electron chi connectivity index (χ0n) is 28.2. The third-order valence-electron chi connectivity index (χ3n) is 11.5. The van der Waals surface area contributed by atoms with Gasteiger partial charge in [-0.15, -0.1) is 0 Å². The van der Waals surface area contributed by atoms with E-state index in [-0.39, 0.29) is 5.41 Å². The second-order valence-electron chi connectivity index (χ2n) is 14.3. The first-order chi connectivity index (χ1) is 24.7. The average Bonchev–Trinajstić information content (AvgIpc) is 3.73. The van der Waals surface area contributed by atoms with E-state index in [9.17, 15) is 0 Å². The summed E-state index contributed by atoms with van der Waals surface area (Å²) < 4.78 is 0. The highest BCUT2D eigenvalue weighted by Crippen LogP contribution is 2.58. The molecule has 3 heteroatoms. The Labute approximate surface area is 294 Å². The van der Waals surface area contributed by atoms with E-state index in [2.05, 4.69) is 155 Å². The van der Waals surface area contributed by atoms with Gasteiger partial charge in [0.05, 0.1) is 29.0 Å². The SMILES string of the molecule is C1=Cc2ccccc2N(c2ccc(/C=C/c3ccc4c(c3)C3(CCCC3)c3cc(N5CCCc6ccccc65)ccc3-4)nc2)c2ccccc21. The first kappa shape index (κ1) is 29.3. The monoisotopic (exact) mass is 645 g/mol. The summed E-state index contributed by atoms with van der Waals surface area (Å²) in [5.41, 5.74) is 18.1. The molecule has 0 unspecified atom stereocenters. The number of anilines is 5. The van der Waals surface area contributed by atoms with Gasteiger partial charge in [-0.2, -0.15) is 0 Å². The highest BCUT2D eigenvalue weighted by molar-refractivity contribution is 5.93. The highest BCUT2D eigenvalue weighted by atomic mass is 15.2. The number of fused-ring (bicyclic) bond motifs is 8. The van der Waals surface area contributed by atoms with Crippen LogP contribution in [-0.4, -0.2) is 11.5 Å². The molecule has 1 fully saturated rings. The zero-order valence-corrected chi connectivity index (χ0v) is 28.2. The van der Waals surface area contributed by atoms with Crippen molar-refractivity contribution in [1.82, 2.24) is 4.98 Å². The summed E-state index contributed by atoms with van der Waals surface area (Å²) >= 11 is 0. The summed E-state index contributed by atoms with van der Waals surface area (Å²) in [5, 5.41) is 0. The molecule has 4 aliphatic rings. The summed E-state index contributed by atoms with van der Waals surface area (Å²) in [6.07, 6.45) is 18.2. The topological polar surface area (TPSA) is 19.4 Å². The van der Waals surface area contributed by atoms with Gasteiger partial charge < -0.3 is 9.80 Å². The van der Waals surface area contributed by atoms with Crippen LogP contribution in [0.3, 0.4) is 0 Å². The molecule has 0 saturated heterocycles. The van der Waals surface area contributed by atoms with Gasteiger partial charge in [0.15, 0.2) is 0 Å². The van der Waals surface area contributed by atoms with Crippen LogP contribution < -0.4 is 9.80 Å². The van der Waals surface area contributed by atoms with Crippen molar-refractivity contribution < 1.29 is 0 Å². The molecule has 3 heterocycles. The van der Waals surface area contributed by atoms with Crippen LogP contribution in [0.15, 0.2) is 128 Å². The lowest BCUT2D eigenvalue weighted by Crippen LogP contribution is -2.25. The molecule has 3 nitrogen and oxygen atoms in total. The van der Waals surface area contributed by atoms with Gasteiger partial charge in [-0.25, -0.2) is 0 Å². The van der Waals surface area contributed by atoms with E-state index in [1.807, 2.05) is 6.20 Å². The summed E-state index contributed by atoms with van der Waals surface area (Å²) in [4.78, 5) is 9.81. The smallest absolute Gasteiger partial charge is 0.0645 e. The second-order valence-corrected chi connectivity index (χ2v) is 14.3. The zero-order chi connectivity index (χ0) is 33.1. The summed E-state index contributed by atoms with van der Waals surface area (Å²) in [7, 11) is 0. The first-order valence-corrected chi connectivity index (χ1v) is 18.2. The maximum atomic E-state index is 4.94. The molecule has 0 bridgehead atoms. The minimum atomic E-state index is 0.105. The van der Waals surface area contributed by atoms with E-state index < -0.39 is 0 Å². The standard InChI is InChI=1S/C47H39N3/c1-4-14-44-34(10-1)13-9-29-49(44)38-24-26-41-40-25-18-33(30-42(40)47(43(41)31-38)27-7-8-28-47)17-21-37-22-23-39(32-48-37)50-45-15-5-2-11-35(45)19-20-36-12-3-6-16-46(36)50/h1-6,10-12,14-26,30-32H,7-9,13,27-29H2/b21-17+. The Morgan fingerprint density at radius 2 is 1.24 bits per heavy atom. The third-order valence-corrected chi connectivity index (χ3v) is 11.5. The Morgan fingerprint density at radius 1 is 0.580 bits per heavy atom. The number of hydrogen-bond donors (Lipinski definition) is 0. The quantitative estimate of drug-likeness (QED) is 0.190. The minimum absolute atomic E-state index is 0.105. The van der Waals surface area contributed by atoms with Crippen molar-refractivity contribution >= 4 is 52.7 Å². The molecule has 0 atom stereocenters. The molecule has 1 spiro atoms. The van der Waals surface area contributed by atoms with Crippen LogP contribution in [0.2, 0.25) is 0 Å². The number of hydrogen-bond acceptors (Lipinski definition) is 3. The van der Waals surface area contributed by atoms with Gasteiger partial charge in [-0.1, -0.05) is 110 Å². The summed E-state index contributed by atoms with van der Waals surface area (Å²) in [6.45, 7) is 1.08. The number of benzene rings is 5. The molecule has 0 amide bonds. The molecule has 5 aromatic carbocycles. The lowest BCUT2D eigenvalue weighted by Gasteiger charge is -2.33. The van der Waals surface area contributed by atoms with Crippen molar-refractivity contribution in [3.63, 3.8) is 0 Å². The van der Waals surface area contributed by atoms with Gasteiger partial charge in [0.25, 0.3) is 0 Å². The van der Waals surface area contributed by atoms with Crippen molar-refractivity contribution in [2.75, 3.05) is 16.3 Å². The molecular formula is C47H39N3. The maximum absolute atomic E-state index is 4.94. The number of aryl methyl sites for hydroxylation is 1. The van der Waals surface area contributed by atoms with E-state index in [0.29, 0.717) is 0 Å². The second kappa shape index (κ2) is 11.7. The molecule has 0 radical (unpaired) electrons. The Morgan fingerprint density at radius 3 is 1.98 bits per heavy atom. The van der Waals surface area contributed by atoms with Crippen molar-refractivity contribution in [3.05, 3.63) is 167 Å². The van der Waals surface area contributed by atoms with Crippen molar-refractivity contribution in [3.8, 4) is 11.1 Å². The molecule has 2 aliphatic carbocycles. The fourth-order valence-corrected chi connectivity index (χ4v) is 9.15. The van der Waals surface area contributed by atoms with Gasteiger partial charge in [-0.3, -0.25) is 4.98 Å². The Kier molecular flexibility index (Phi) is 6.87. The predicted molar refractivity (Wildman–Crippen MR) is 210 cm³/mol. The fraction of sp³-hybridized carbons (Fsp3) is 0.170. The normalized spacial score (nSPS) is 16.6. The van der Waals surface area contributed by atoms with E-state index in [1.54, 1.807) is 0 Å². The molecule has 242 valence electrons. The molecule has 1 aromatic heterocycles. The largest absolute Gasteiger partial charge is 0.341 e. The van der Waals surface area contributed by atoms with E-state index in [0.717, 1.165) is 29.3 Å². The minimum Gasteiger partial charge on any atom is -0.341 e. The molecule has 1 saturated carbocycles. The van der Waals surface area contributed by atoms with Gasteiger partial charge in [0.2, 0.25) is 0 Å². The number of aromatic nitrogens is 1. The Balaban J connectivity index is 0.958. The molecular weight excluding hydrogens is 607 g/mol. The van der Waals surface area contributed by atoms with E-state index in [1.165, 1.54) is 94.4 Å². The van der Waals surface area contributed by atoms with Crippen LogP contribution in [0.5, 0.6) is 0 Å². The number of pyridine rings is 1. The van der Waals surface area contributed by atoms with Crippen LogP contribution in [0, 0.1) is 0 Å². The molecule has 50 heavy (non-hydrogen) atoms. The van der Waals surface area contributed by atoms with Crippen LogP contribution in [0.25, 0.3) is 35.4 Å². The van der Waals surface area contributed by atoms with Gasteiger partial charge in [0.1, 0.15) is 0 Å². The molecule has 2 aliphatic heterocycles. The first-order valence-electron chi connectivity index (χ1n) is 18.2. The van der Waals surface area contributed by atoms with Gasteiger partial charge >= 0.3 is 0 Å². The number of rotatable bonds is 4. The number of para-hydroxylation sites is 3. The van der Waals surface area contributed by atoms with Crippen molar-refractivity contribution in [2.24, 2.45) is 0 Å². The molecule has 10 rings (SSSR count). The summed E-state index contributed by atoms with van der Waals surface area (Å²) in [5.74, 6) is 0. The van der Waals surface area contributed by atoms with Gasteiger partial charge in [-0.05, 0) is 119 Å². The Bertz CT molecular complexity index is 2270. The summed E-state index contributed by atoms with van der Waals surface area (Å²) in [6, 6.07) is 44.9. The average molecular weight is 646 g/mol. The lowest BCUT2D eigenvalue weighted by molar-refractivity contribution is 0.549. The van der Waals surface area contributed by atoms with Crippen LogP contribution in [-0.2, 0) is 11.8 Å². The maximum Gasteiger partial charge on any atom is 0.0645 e. The fourth-order valence-electron chi connectivity index (χ4n) is 9.15. The van der Waals surface area contributed by atoms with E-state index >= 15 is 0 Å². The van der Waals surface area contributed by atoms with E-state index in [4.69, 9.17) is 4.98 Å².